The number of halogens is 1. The topological polar surface area (TPSA) is 49.6 Å². The van der Waals surface area contributed by atoms with Crippen molar-refractivity contribution >= 4 is 0 Å². The van der Waals surface area contributed by atoms with Crippen LogP contribution >= 0.6 is 0 Å². The van der Waals surface area contributed by atoms with Gasteiger partial charge in [-0.3, -0.25) is 4.98 Å². The highest BCUT2D eigenvalue weighted by molar-refractivity contribution is 5.66. The summed E-state index contributed by atoms with van der Waals surface area (Å²) in [6.07, 6.45) is 4.69. The van der Waals surface area contributed by atoms with Crippen LogP contribution in [0.3, 0.4) is 0 Å². The Labute approximate surface area is 92.2 Å². The Morgan fingerprint density at radius 2 is 2.19 bits per heavy atom. The molecule has 0 aliphatic rings. The van der Waals surface area contributed by atoms with Crippen LogP contribution in [0.1, 0.15) is 5.56 Å². The van der Waals surface area contributed by atoms with Crippen molar-refractivity contribution < 1.29 is 4.39 Å². The first-order valence-electron chi connectivity index (χ1n) is 4.73. The van der Waals surface area contributed by atoms with Gasteiger partial charge in [0.05, 0.1) is 12.5 Å². The van der Waals surface area contributed by atoms with Gasteiger partial charge in [0.2, 0.25) is 5.95 Å². The SMILES string of the molecule is N#CCc1ccnc(F)c1-c1cccnc1. The van der Waals surface area contributed by atoms with E-state index in [2.05, 4.69) is 9.97 Å². The van der Waals surface area contributed by atoms with Crippen molar-refractivity contribution in [1.82, 2.24) is 9.97 Å². The average molecular weight is 213 g/mol. The zero-order chi connectivity index (χ0) is 11.4. The molecule has 0 amide bonds. The summed E-state index contributed by atoms with van der Waals surface area (Å²) < 4.78 is 13.6. The van der Waals surface area contributed by atoms with Crippen LogP contribution in [0, 0.1) is 17.3 Å². The first-order chi connectivity index (χ1) is 7.83. The van der Waals surface area contributed by atoms with Gasteiger partial charge in [-0.05, 0) is 17.7 Å². The Morgan fingerprint density at radius 1 is 1.31 bits per heavy atom. The molecule has 78 valence electrons. The lowest BCUT2D eigenvalue weighted by Gasteiger charge is -2.06. The lowest BCUT2D eigenvalue weighted by Crippen LogP contribution is -1.95. The Kier molecular flexibility index (Phi) is 2.88. The molecule has 0 atom stereocenters. The van der Waals surface area contributed by atoms with Crippen LogP contribution in [0.15, 0.2) is 36.8 Å². The molecule has 4 heteroatoms. The molecule has 3 nitrogen and oxygen atoms in total. The molecule has 0 saturated heterocycles. The Morgan fingerprint density at radius 3 is 2.88 bits per heavy atom. The van der Waals surface area contributed by atoms with Gasteiger partial charge < -0.3 is 0 Å². The molecule has 16 heavy (non-hydrogen) atoms. The zero-order valence-electron chi connectivity index (χ0n) is 8.39. The second kappa shape index (κ2) is 4.49. The minimum Gasteiger partial charge on any atom is -0.264 e. The van der Waals surface area contributed by atoms with Crippen LogP contribution in [0.25, 0.3) is 11.1 Å². The third-order valence-corrected chi connectivity index (χ3v) is 2.21. The first-order valence-corrected chi connectivity index (χ1v) is 4.73. The van der Waals surface area contributed by atoms with E-state index in [4.69, 9.17) is 5.26 Å². The normalized spacial score (nSPS) is 9.75. The van der Waals surface area contributed by atoms with E-state index < -0.39 is 5.95 Å². The van der Waals surface area contributed by atoms with Gasteiger partial charge in [-0.15, -0.1) is 0 Å². The van der Waals surface area contributed by atoms with Gasteiger partial charge in [0.15, 0.2) is 0 Å². The van der Waals surface area contributed by atoms with Crippen molar-refractivity contribution in [1.29, 1.82) is 5.26 Å². The Hall–Kier alpha value is -2.28. The molecule has 0 unspecified atom stereocenters. The lowest BCUT2D eigenvalue weighted by atomic mass is 10.0. The van der Waals surface area contributed by atoms with Crippen LogP contribution in [-0.2, 0) is 6.42 Å². The third kappa shape index (κ3) is 1.89. The van der Waals surface area contributed by atoms with E-state index >= 15 is 0 Å². The monoisotopic (exact) mass is 213 g/mol. The molecule has 0 saturated carbocycles. The summed E-state index contributed by atoms with van der Waals surface area (Å²) >= 11 is 0. The van der Waals surface area contributed by atoms with Gasteiger partial charge in [0.25, 0.3) is 0 Å². The molecule has 0 aliphatic heterocycles. The van der Waals surface area contributed by atoms with Gasteiger partial charge in [-0.1, -0.05) is 6.07 Å². The number of nitriles is 1. The maximum Gasteiger partial charge on any atom is 0.221 e. The predicted molar refractivity (Wildman–Crippen MR) is 56.7 cm³/mol. The standard InChI is InChI=1S/C12H8FN3/c13-12-11(10-2-1-6-15-8-10)9(3-5-14)4-7-16-12/h1-2,4,6-8H,3H2. The van der Waals surface area contributed by atoms with E-state index in [1.165, 1.54) is 6.20 Å². The summed E-state index contributed by atoms with van der Waals surface area (Å²) in [6.45, 7) is 0. The van der Waals surface area contributed by atoms with Crippen molar-refractivity contribution in [2.24, 2.45) is 0 Å². The average Bonchev–Trinajstić information content (AvgIpc) is 2.31. The fraction of sp³-hybridized carbons (Fsp3) is 0.0833. The molecule has 0 radical (unpaired) electrons. The largest absolute Gasteiger partial charge is 0.264 e. The molecule has 0 spiro atoms. The molecular formula is C12H8FN3. The summed E-state index contributed by atoms with van der Waals surface area (Å²) in [6, 6.07) is 7.12. The van der Waals surface area contributed by atoms with Gasteiger partial charge in [-0.2, -0.15) is 9.65 Å². The number of rotatable bonds is 2. The molecule has 0 aromatic carbocycles. The van der Waals surface area contributed by atoms with Crippen LogP contribution < -0.4 is 0 Å². The van der Waals surface area contributed by atoms with Gasteiger partial charge >= 0.3 is 0 Å². The lowest BCUT2D eigenvalue weighted by molar-refractivity contribution is 0.586. The number of aromatic nitrogens is 2. The van der Waals surface area contributed by atoms with Gasteiger partial charge in [0.1, 0.15) is 0 Å². The molecule has 0 bridgehead atoms. The molecule has 2 aromatic heterocycles. The van der Waals surface area contributed by atoms with Crippen molar-refractivity contribution in [2.75, 3.05) is 0 Å². The maximum absolute atomic E-state index is 13.6. The second-order valence-electron chi connectivity index (χ2n) is 3.21. The Bertz CT molecular complexity index is 532. The molecule has 2 aromatic rings. The van der Waals surface area contributed by atoms with E-state index in [0.29, 0.717) is 16.7 Å². The van der Waals surface area contributed by atoms with Crippen molar-refractivity contribution in [3.63, 3.8) is 0 Å². The summed E-state index contributed by atoms with van der Waals surface area (Å²) in [5.41, 5.74) is 1.62. The fourth-order valence-corrected chi connectivity index (χ4v) is 1.52. The molecule has 2 heterocycles. The van der Waals surface area contributed by atoms with Gasteiger partial charge in [0, 0.05) is 29.7 Å². The van der Waals surface area contributed by atoms with E-state index in [1.807, 2.05) is 6.07 Å². The zero-order valence-corrected chi connectivity index (χ0v) is 8.39. The molecule has 0 aliphatic carbocycles. The number of nitrogens with zero attached hydrogens (tertiary/aromatic N) is 3. The van der Waals surface area contributed by atoms with E-state index in [1.54, 1.807) is 30.6 Å². The van der Waals surface area contributed by atoms with Crippen LogP contribution in [0.5, 0.6) is 0 Å². The minimum absolute atomic E-state index is 0.156. The van der Waals surface area contributed by atoms with Gasteiger partial charge in [-0.25, -0.2) is 4.98 Å². The molecular weight excluding hydrogens is 205 g/mol. The fourth-order valence-electron chi connectivity index (χ4n) is 1.52. The van der Waals surface area contributed by atoms with Crippen molar-refractivity contribution in [2.45, 2.75) is 6.42 Å². The number of hydrogen-bond acceptors (Lipinski definition) is 3. The molecule has 2 rings (SSSR count). The van der Waals surface area contributed by atoms with E-state index in [0.717, 1.165) is 0 Å². The molecule has 0 N–H and O–H groups in total. The third-order valence-electron chi connectivity index (χ3n) is 2.21. The van der Waals surface area contributed by atoms with Crippen molar-refractivity contribution in [3.05, 3.63) is 48.3 Å². The number of hydrogen-bond donors (Lipinski definition) is 0. The van der Waals surface area contributed by atoms with Crippen LogP contribution in [-0.4, -0.2) is 9.97 Å². The number of pyridine rings is 2. The summed E-state index contributed by atoms with van der Waals surface area (Å²) in [5.74, 6) is -0.569. The maximum atomic E-state index is 13.6. The summed E-state index contributed by atoms with van der Waals surface area (Å²) in [4.78, 5) is 7.52. The minimum atomic E-state index is -0.569. The predicted octanol–water partition coefficient (Wildman–Crippen LogP) is 2.35. The molecule has 0 fully saturated rings. The van der Waals surface area contributed by atoms with E-state index in [-0.39, 0.29) is 6.42 Å². The Balaban J connectivity index is 2.60. The highest BCUT2D eigenvalue weighted by atomic mass is 19.1. The summed E-state index contributed by atoms with van der Waals surface area (Å²) in [7, 11) is 0. The van der Waals surface area contributed by atoms with E-state index in [9.17, 15) is 4.39 Å². The highest BCUT2D eigenvalue weighted by Crippen LogP contribution is 2.24. The van der Waals surface area contributed by atoms with Crippen LogP contribution in [0.2, 0.25) is 0 Å². The smallest absolute Gasteiger partial charge is 0.221 e. The second-order valence-corrected chi connectivity index (χ2v) is 3.21. The van der Waals surface area contributed by atoms with Crippen LogP contribution in [0.4, 0.5) is 4.39 Å². The first kappa shape index (κ1) is 10.2. The van der Waals surface area contributed by atoms with Crippen molar-refractivity contribution in [3.8, 4) is 17.2 Å². The summed E-state index contributed by atoms with van der Waals surface area (Å²) in [5, 5.41) is 8.67. The highest BCUT2D eigenvalue weighted by Gasteiger charge is 2.11. The quantitative estimate of drug-likeness (QED) is 0.719.